The summed E-state index contributed by atoms with van der Waals surface area (Å²) in [5.41, 5.74) is 0. The minimum atomic E-state index is -0.999. The zero-order valence-electron chi connectivity index (χ0n) is 8.34. The average molecular weight is 212 g/mol. The third-order valence-electron chi connectivity index (χ3n) is 2.22. The van der Waals surface area contributed by atoms with Crippen LogP contribution in [0.2, 0.25) is 0 Å². The van der Waals surface area contributed by atoms with Crippen molar-refractivity contribution in [3.05, 3.63) is 11.7 Å². The Balaban J connectivity index is 1.85. The molecule has 0 radical (unpaired) electrons. The Morgan fingerprint density at radius 3 is 3.07 bits per heavy atom. The second-order valence-electron chi connectivity index (χ2n) is 3.61. The Bertz CT molecular complexity index is 359. The van der Waals surface area contributed by atoms with Crippen molar-refractivity contribution in [1.29, 1.82) is 0 Å². The van der Waals surface area contributed by atoms with Crippen LogP contribution in [0.5, 0.6) is 0 Å². The van der Waals surface area contributed by atoms with Gasteiger partial charge in [-0.05, 0) is 19.8 Å². The Morgan fingerprint density at radius 1 is 1.73 bits per heavy atom. The number of rotatable bonds is 5. The molecule has 1 aliphatic rings. The molecule has 0 spiro atoms. The van der Waals surface area contributed by atoms with E-state index in [1.54, 1.807) is 0 Å². The number of aromatic nitrogens is 2. The molecule has 1 aromatic heterocycles. The Kier molecular flexibility index (Phi) is 2.68. The lowest BCUT2D eigenvalue weighted by Crippen LogP contribution is -2.19. The molecule has 1 atom stereocenters. The summed E-state index contributed by atoms with van der Waals surface area (Å²) < 4.78 is 10.0. The molecule has 82 valence electrons. The molecule has 0 bridgehead atoms. The fourth-order valence-electron chi connectivity index (χ4n) is 1.09. The quantitative estimate of drug-likeness (QED) is 0.781. The summed E-state index contributed by atoms with van der Waals surface area (Å²) >= 11 is 0. The van der Waals surface area contributed by atoms with Gasteiger partial charge in [-0.15, -0.1) is 0 Å². The smallest absolute Gasteiger partial charge is 0.332 e. The third-order valence-corrected chi connectivity index (χ3v) is 2.22. The van der Waals surface area contributed by atoms with Gasteiger partial charge in [0.1, 0.15) is 6.61 Å². The van der Waals surface area contributed by atoms with Crippen molar-refractivity contribution in [2.45, 2.75) is 38.4 Å². The first-order valence-electron chi connectivity index (χ1n) is 4.83. The maximum atomic E-state index is 10.5. The van der Waals surface area contributed by atoms with E-state index in [1.165, 1.54) is 6.92 Å². The molecule has 6 nitrogen and oxygen atoms in total. The molecule has 1 saturated carbocycles. The Hall–Kier alpha value is -1.43. The highest BCUT2D eigenvalue weighted by Crippen LogP contribution is 2.38. The number of hydrogen-bond acceptors (Lipinski definition) is 5. The summed E-state index contributed by atoms with van der Waals surface area (Å²) in [4.78, 5) is 14.6. The van der Waals surface area contributed by atoms with Crippen LogP contribution in [-0.4, -0.2) is 27.3 Å². The monoisotopic (exact) mass is 212 g/mol. The van der Waals surface area contributed by atoms with Crippen molar-refractivity contribution in [1.82, 2.24) is 10.1 Å². The molecular weight excluding hydrogens is 200 g/mol. The fourth-order valence-corrected chi connectivity index (χ4v) is 1.09. The van der Waals surface area contributed by atoms with Gasteiger partial charge in [-0.1, -0.05) is 5.16 Å². The standard InChI is InChI=1S/C9H12N2O4/c1-5(9(12)13)14-4-7-10-8(15-11-7)6-2-3-6/h5-6H,2-4H2,1H3,(H,12,13). The molecule has 0 amide bonds. The van der Waals surface area contributed by atoms with E-state index in [4.69, 9.17) is 14.4 Å². The van der Waals surface area contributed by atoms with E-state index >= 15 is 0 Å². The highest BCUT2D eigenvalue weighted by molar-refractivity contribution is 5.71. The lowest BCUT2D eigenvalue weighted by Gasteiger charge is -2.04. The van der Waals surface area contributed by atoms with Crippen LogP contribution in [0.25, 0.3) is 0 Å². The summed E-state index contributed by atoms with van der Waals surface area (Å²) in [6.45, 7) is 1.54. The first-order chi connectivity index (χ1) is 7.16. The number of aliphatic carboxylic acids is 1. The highest BCUT2D eigenvalue weighted by atomic mass is 16.5. The van der Waals surface area contributed by atoms with Gasteiger partial charge in [0.15, 0.2) is 11.9 Å². The predicted molar refractivity (Wildman–Crippen MR) is 48.2 cm³/mol. The van der Waals surface area contributed by atoms with Crippen LogP contribution in [0, 0.1) is 0 Å². The van der Waals surface area contributed by atoms with Gasteiger partial charge in [0.25, 0.3) is 0 Å². The van der Waals surface area contributed by atoms with Crippen LogP contribution in [0.4, 0.5) is 0 Å². The minimum Gasteiger partial charge on any atom is -0.479 e. The molecule has 15 heavy (non-hydrogen) atoms. The van der Waals surface area contributed by atoms with Crippen LogP contribution >= 0.6 is 0 Å². The maximum Gasteiger partial charge on any atom is 0.332 e. The highest BCUT2D eigenvalue weighted by Gasteiger charge is 2.29. The zero-order valence-corrected chi connectivity index (χ0v) is 8.34. The molecule has 1 unspecified atom stereocenters. The van der Waals surface area contributed by atoms with E-state index in [9.17, 15) is 4.79 Å². The molecule has 1 N–H and O–H groups in total. The number of ether oxygens (including phenoxy) is 1. The summed E-state index contributed by atoms with van der Waals surface area (Å²) in [7, 11) is 0. The van der Waals surface area contributed by atoms with Crippen molar-refractivity contribution in [3.63, 3.8) is 0 Å². The van der Waals surface area contributed by atoms with E-state index in [2.05, 4.69) is 10.1 Å². The van der Waals surface area contributed by atoms with Gasteiger partial charge in [-0.25, -0.2) is 4.79 Å². The van der Waals surface area contributed by atoms with Crippen LogP contribution in [-0.2, 0) is 16.1 Å². The van der Waals surface area contributed by atoms with Gasteiger partial charge in [0.2, 0.25) is 5.89 Å². The van der Waals surface area contributed by atoms with Gasteiger partial charge in [0, 0.05) is 5.92 Å². The predicted octanol–water partition coefficient (Wildman–Crippen LogP) is 0.937. The van der Waals surface area contributed by atoms with Crippen LogP contribution in [0.15, 0.2) is 4.52 Å². The van der Waals surface area contributed by atoms with E-state index in [0.717, 1.165) is 12.8 Å². The molecule has 1 aliphatic carbocycles. The van der Waals surface area contributed by atoms with Crippen molar-refractivity contribution in [2.75, 3.05) is 0 Å². The molecule has 1 fully saturated rings. The number of carboxylic acid groups (broad SMARTS) is 1. The van der Waals surface area contributed by atoms with Crippen molar-refractivity contribution in [2.24, 2.45) is 0 Å². The van der Waals surface area contributed by atoms with E-state index < -0.39 is 12.1 Å². The van der Waals surface area contributed by atoms with Gasteiger partial charge in [-0.2, -0.15) is 4.98 Å². The van der Waals surface area contributed by atoms with Crippen LogP contribution in [0.3, 0.4) is 0 Å². The van der Waals surface area contributed by atoms with Crippen molar-refractivity contribution < 1.29 is 19.2 Å². The summed E-state index contributed by atoms with van der Waals surface area (Å²) in [5.74, 6) is 0.450. The Morgan fingerprint density at radius 2 is 2.47 bits per heavy atom. The topological polar surface area (TPSA) is 85.5 Å². The second kappa shape index (κ2) is 3.98. The van der Waals surface area contributed by atoms with E-state index in [1.807, 2.05) is 0 Å². The third kappa shape index (κ3) is 2.53. The number of carboxylic acids is 1. The average Bonchev–Trinajstić information content (AvgIpc) is 2.95. The lowest BCUT2D eigenvalue weighted by atomic mass is 10.4. The second-order valence-corrected chi connectivity index (χ2v) is 3.61. The fraction of sp³-hybridized carbons (Fsp3) is 0.667. The summed E-state index contributed by atoms with van der Waals surface area (Å²) in [6, 6.07) is 0. The largest absolute Gasteiger partial charge is 0.479 e. The first kappa shape index (κ1) is 10.1. The number of carbonyl (C=O) groups is 1. The normalized spacial score (nSPS) is 17.7. The van der Waals surface area contributed by atoms with Crippen LogP contribution < -0.4 is 0 Å². The SMILES string of the molecule is CC(OCc1noc(C2CC2)n1)C(=O)O. The molecule has 6 heteroatoms. The zero-order chi connectivity index (χ0) is 10.8. The van der Waals surface area contributed by atoms with Crippen molar-refractivity contribution >= 4 is 5.97 Å². The molecule has 0 saturated heterocycles. The summed E-state index contributed by atoms with van der Waals surface area (Å²) in [5, 5.41) is 12.3. The summed E-state index contributed by atoms with van der Waals surface area (Å²) in [6.07, 6.45) is 1.33. The van der Waals surface area contributed by atoms with Gasteiger partial charge >= 0.3 is 5.97 Å². The number of nitrogens with zero attached hydrogens (tertiary/aromatic N) is 2. The molecular formula is C9H12N2O4. The molecule has 2 rings (SSSR count). The molecule has 1 aromatic rings. The van der Waals surface area contributed by atoms with Gasteiger partial charge in [0.05, 0.1) is 0 Å². The van der Waals surface area contributed by atoms with Crippen LogP contribution in [0.1, 0.15) is 37.4 Å². The lowest BCUT2D eigenvalue weighted by molar-refractivity contribution is -0.150. The molecule has 0 aromatic carbocycles. The van der Waals surface area contributed by atoms with E-state index in [-0.39, 0.29) is 6.61 Å². The van der Waals surface area contributed by atoms with Gasteiger partial charge < -0.3 is 14.4 Å². The maximum absolute atomic E-state index is 10.5. The molecule has 1 heterocycles. The van der Waals surface area contributed by atoms with Gasteiger partial charge in [-0.3, -0.25) is 0 Å². The molecule has 0 aliphatic heterocycles. The van der Waals surface area contributed by atoms with E-state index in [0.29, 0.717) is 17.6 Å². The first-order valence-corrected chi connectivity index (χ1v) is 4.83. The van der Waals surface area contributed by atoms with Crippen molar-refractivity contribution in [3.8, 4) is 0 Å². The Labute approximate surface area is 86.2 Å². The minimum absolute atomic E-state index is 0.0731. The number of hydrogen-bond donors (Lipinski definition) is 1.